The number of carbonyl (C=O) groups excluding carboxylic acids is 1. The van der Waals surface area contributed by atoms with Crippen LogP contribution in [-0.2, 0) is 9.53 Å². The van der Waals surface area contributed by atoms with E-state index >= 15 is 0 Å². The quantitative estimate of drug-likeness (QED) is 0.664. The third-order valence-electron chi connectivity index (χ3n) is 2.52. The lowest BCUT2D eigenvalue weighted by Gasteiger charge is -2.20. The molecule has 0 aromatic carbocycles. The molecule has 15 heavy (non-hydrogen) atoms. The van der Waals surface area contributed by atoms with E-state index in [0.29, 0.717) is 13.2 Å². The first-order chi connectivity index (χ1) is 7.02. The molecule has 3 unspecified atom stereocenters. The van der Waals surface area contributed by atoms with Crippen LogP contribution in [0.4, 0.5) is 0 Å². The molecule has 3 atom stereocenters. The molecule has 0 aliphatic heterocycles. The third kappa shape index (κ3) is 5.74. The number of hydrogen-bond acceptors (Lipinski definition) is 3. The van der Waals surface area contributed by atoms with E-state index in [0.717, 1.165) is 6.42 Å². The highest BCUT2D eigenvalue weighted by Gasteiger charge is 2.20. The minimum atomic E-state index is -0.418. The molecule has 0 aromatic heterocycles. The van der Waals surface area contributed by atoms with Crippen LogP contribution in [0.15, 0.2) is 0 Å². The molecule has 0 heterocycles. The van der Waals surface area contributed by atoms with Gasteiger partial charge >= 0.3 is 0 Å². The van der Waals surface area contributed by atoms with Crippen molar-refractivity contribution in [3.05, 3.63) is 0 Å². The molecular formula is C11H24N2O2. The molecule has 0 fully saturated rings. The predicted octanol–water partition coefficient (Wildman–Crippen LogP) is 0.901. The van der Waals surface area contributed by atoms with Crippen LogP contribution in [0.1, 0.15) is 34.1 Å². The van der Waals surface area contributed by atoms with Crippen molar-refractivity contribution >= 4 is 5.91 Å². The normalized spacial score (nSPS) is 16.9. The van der Waals surface area contributed by atoms with Crippen LogP contribution in [-0.4, -0.2) is 31.2 Å². The Hall–Kier alpha value is -0.610. The van der Waals surface area contributed by atoms with Crippen molar-refractivity contribution in [1.82, 2.24) is 5.32 Å². The first kappa shape index (κ1) is 14.4. The van der Waals surface area contributed by atoms with E-state index < -0.39 is 6.04 Å². The number of nitrogens with two attached hydrogens (primary N) is 1. The number of hydrogen-bond donors (Lipinski definition) is 2. The smallest absolute Gasteiger partial charge is 0.237 e. The topological polar surface area (TPSA) is 64.3 Å². The van der Waals surface area contributed by atoms with Gasteiger partial charge in [-0.25, -0.2) is 0 Å². The lowest BCUT2D eigenvalue weighted by molar-refractivity contribution is -0.124. The summed E-state index contributed by atoms with van der Waals surface area (Å²) in [6, 6.07) is -0.397. The molecular weight excluding hydrogens is 192 g/mol. The molecule has 0 aliphatic carbocycles. The zero-order valence-corrected chi connectivity index (χ0v) is 10.2. The highest BCUT2D eigenvalue weighted by atomic mass is 16.5. The fourth-order valence-corrected chi connectivity index (χ4v) is 1.19. The van der Waals surface area contributed by atoms with Crippen LogP contribution in [0.25, 0.3) is 0 Å². The summed E-state index contributed by atoms with van der Waals surface area (Å²) in [6.07, 6.45) is 0.911. The lowest BCUT2D eigenvalue weighted by atomic mass is 9.99. The monoisotopic (exact) mass is 216 g/mol. The number of rotatable bonds is 7. The maximum absolute atomic E-state index is 11.6. The maximum Gasteiger partial charge on any atom is 0.237 e. The van der Waals surface area contributed by atoms with Crippen LogP contribution < -0.4 is 11.1 Å². The van der Waals surface area contributed by atoms with Crippen LogP contribution in [0.2, 0.25) is 0 Å². The second kappa shape index (κ2) is 7.65. The van der Waals surface area contributed by atoms with Gasteiger partial charge in [0.15, 0.2) is 0 Å². The largest absolute Gasteiger partial charge is 0.380 e. The van der Waals surface area contributed by atoms with Crippen LogP contribution in [0.3, 0.4) is 0 Å². The summed E-state index contributed by atoms with van der Waals surface area (Å²) in [6.45, 7) is 9.06. The van der Waals surface area contributed by atoms with Gasteiger partial charge in [-0.15, -0.1) is 0 Å². The summed E-state index contributed by atoms with van der Waals surface area (Å²) in [4.78, 5) is 11.6. The fourth-order valence-electron chi connectivity index (χ4n) is 1.19. The van der Waals surface area contributed by atoms with E-state index in [9.17, 15) is 4.79 Å². The maximum atomic E-state index is 11.6. The van der Waals surface area contributed by atoms with Crippen molar-refractivity contribution in [1.29, 1.82) is 0 Å². The van der Waals surface area contributed by atoms with Gasteiger partial charge in [0.2, 0.25) is 5.91 Å². The van der Waals surface area contributed by atoms with E-state index in [-0.39, 0.29) is 17.9 Å². The minimum Gasteiger partial charge on any atom is -0.380 e. The molecule has 0 spiro atoms. The van der Waals surface area contributed by atoms with Gasteiger partial charge in [0, 0.05) is 12.6 Å². The van der Waals surface area contributed by atoms with Crippen molar-refractivity contribution in [2.24, 2.45) is 11.7 Å². The summed E-state index contributed by atoms with van der Waals surface area (Å²) in [5.41, 5.74) is 5.80. The summed E-state index contributed by atoms with van der Waals surface area (Å²) in [7, 11) is 0. The number of nitrogens with one attached hydrogen (secondary N) is 1. The zero-order valence-electron chi connectivity index (χ0n) is 10.2. The minimum absolute atomic E-state index is 0.0209. The number of ether oxygens (including phenoxy) is 1. The molecule has 4 nitrogen and oxygen atoms in total. The van der Waals surface area contributed by atoms with Gasteiger partial charge in [0.25, 0.3) is 0 Å². The van der Waals surface area contributed by atoms with Crippen molar-refractivity contribution in [2.75, 3.05) is 13.2 Å². The lowest BCUT2D eigenvalue weighted by Crippen LogP contribution is -2.48. The van der Waals surface area contributed by atoms with Crippen molar-refractivity contribution in [2.45, 2.75) is 46.2 Å². The Labute approximate surface area is 92.6 Å². The SMILES string of the molecule is CCOCC(C)NC(=O)C(N)C(C)CC. The van der Waals surface area contributed by atoms with E-state index in [1.807, 2.05) is 27.7 Å². The second-order valence-electron chi connectivity index (χ2n) is 3.98. The molecule has 0 saturated carbocycles. The number of amides is 1. The average molecular weight is 216 g/mol. The number of carbonyl (C=O) groups is 1. The van der Waals surface area contributed by atoms with Crippen molar-refractivity contribution in [3.63, 3.8) is 0 Å². The Morgan fingerprint density at radius 3 is 2.47 bits per heavy atom. The Bertz CT molecular complexity index is 185. The van der Waals surface area contributed by atoms with Crippen molar-refractivity contribution in [3.8, 4) is 0 Å². The van der Waals surface area contributed by atoms with E-state index in [1.54, 1.807) is 0 Å². The molecule has 0 aromatic rings. The van der Waals surface area contributed by atoms with Gasteiger partial charge < -0.3 is 15.8 Å². The zero-order chi connectivity index (χ0) is 11.8. The third-order valence-corrected chi connectivity index (χ3v) is 2.52. The van der Waals surface area contributed by atoms with Gasteiger partial charge in [-0.05, 0) is 19.8 Å². The molecule has 4 heteroatoms. The molecule has 0 bridgehead atoms. The van der Waals surface area contributed by atoms with E-state index in [1.165, 1.54) is 0 Å². The van der Waals surface area contributed by atoms with Gasteiger partial charge in [0.1, 0.15) is 0 Å². The Morgan fingerprint density at radius 2 is 2.00 bits per heavy atom. The molecule has 1 amide bonds. The van der Waals surface area contributed by atoms with Gasteiger partial charge in [0.05, 0.1) is 12.6 Å². The molecule has 0 rings (SSSR count). The summed E-state index contributed by atoms with van der Waals surface area (Å²) >= 11 is 0. The van der Waals surface area contributed by atoms with Crippen LogP contribution in [0, 0.1) is 5.92 Å². The molecule has 0 saturated heterocycles. The molecule has 0 radical (unpaired) electrons. The van der Waals surface area contributed by atoms with Gasteiger partial charge in [-0.2, -0.15) is 0 Å². The summed E-state index contributed by atoms with van der Waals surface area (Å²) < 4.78 is 5.21. The van der Waals surface area contributed by atoms with Crippen molar-refractivity contribution < 1.29 is 9.53 Å². The summed E-state index contributed by atoms with van der Waals surface area (Å²) in [5.74, 6) is 0.126. The van der Waals surface area contributed by atoms with E-state index in [2.05, 4.69) is 5.32 Å². The van der Waals surface area contributed by atoms with Crippen LogP contribution in [0.5, 0.6) is 0 Å². The second-order valence-corrected chi connectivity index (χ2v) is 3.98. The van der Waals surface area contributed by atoms with Gasteiger partial charge in [-0.3, -0.25) is 4.79 Å². The first-order valence-corrected chi connectivity index (χ1v) is 5.66. The molecule has 90 valence electrons. The molecule has 3 N–H and O–H groups in total. The molecule has 0 aliphatic rings. The highest BCUT2D eigenvalue weighted by molar-refractivity contribution is 5.82. The first-order valence-electron chi connectivity index (χ1n) is 5.66. The highest BCUT2D eigenvalue weighted by Crippen LogP contribution is 2.05. The fraction of sp³-hybridized carbons (Fsp3) is 0.909. The van der Waals surface area contributed by atoms with Gasteiger partial charge in [-0.1, -0.05) is 20.3 Å². The Kier molecular flexibility index (Phi) is 7.34. The van der Waals surface area contributed by atoms with Crippen LogP contribution >= 0.6 is 0 Å². The Morgan fingerprint density at radius 1 is 1.40 bits per heavy atom. The summed E-state index contributed by atoms with van der Waals surface area (Å²) in [5, 5.41) is 2.84. The average Bonchev–Trinajstić information content (AvgIpc) is 2.23. The van der Waals surface area contributed by atoms with E-state index in [4.69, 9.17) is 10.5 Å². The predicted molar refractivity (Wildman–Crippen MR) is 61.5 cm³/mol. The Balaban J connectivity index is 3.90. The standard InChI is InChI=1S/C11H24N2O2/c1-5-8(3)10(12)11(14)13-9(4)7-15-6-2/h8-10H,5-7,12H2,1-4H3,(H,13,14).